The number of furan rings is 1. The average Bonchev–Trinajstić information content (AvgIpc) is 3.07. The molecule has 0 atom stereocenters. The van der Waals surface area contributed by atoms with Crippen molar-refractivity contribution in [1.29, 1.82) is 0 Å². The summed E-state index contributed by atoms with van der Waals surface area (Å²) in [5.74, 6) is 0.881. The van der Waals surface area contributed by atoms with Crippen molar-refractivity contribution < 1.29 is 4.42 Å². The number of anilines is 1. The molecular formula is C13H13BrN6O3. The molecule has 3 heterocycles. The van der Waals surface area contributed by atoms with Gasteiger partial charge in [-0.3, -0.25) is 13.9 Å². The van der Waals surface area contributed by atoms with Crippen molar-refractivity contribution in [2.45, 2.75) is 0 Å². The number of nitrogens with one attached hydrogen (secondary N) is 1. The Morgan fingerprint density at radius 2 is 1.96 bits per heavy atom. The number of hydrazone groups is 1. The molecule has 0 saturated heterocycles. The molecule has 1 N–H and O–H groups in total. The highest BCUT2D eigenvalue weighted by Gasteiger charge is 2.16. The van der Waals surface area contributed by atoms with Gasteiger partial charge in [0.2, 0.25) is 5.95 Å². The molecule has 0 aliphatic carbocycles. The average molecular weight is 381 g/mol. The van der Waals surface area contributed by atoms with Crippen LogP contribution >= 0.6 is 15.9 Å². The minimum Gasteiger partial charge on any atom is -0.448 e. The minimum absolute atomic E-state index is 0.291. The van der Waals surface area contributed by atoms with E-state index < -0.39 is 11.2 Å². The first-order chi connectivity index (χ1) is 10.9. The minimum atomic E-state index is -0.434. The maximum absolute atomic E-state index is 12.2. The largest absolute Gasteiger partial charge is 0.448 e. The quantitative estimate of drug-likeness (QED) is 0.534. The molecule has 0 aromatic carbocycles. The van der Waals surface area contributed by atoms with E-state index in [1.807, 2.05) is 0 Å². The van der Waals surface area contributed by atoms with E-state index in [2.05, 4.69) is 31.4 Å². The lowest BCUT2D eigenvalue weighted by Gasteiger charge is -2.03. The molecule has 0 aliphatic rings. The van der Waals surface area contributed by atoms with Gasteiger partial charge in [0.05, 0.1) is 6.21 Å². The maximum atomic E-state index is 12.2. The second-order valence-corrected chi connectivity index (χ2v) is 5.67. The monoisotopic (exact) mass is 380 g/mol. The molecule has 0 unspecified atom stereocenters. The summed E-state index contributed by atoms with van der Waals surface area (Å²) in [6, 6.07) is 3.49. The molecule has 0 fully saturated rings. The van der Waals surface area contributed by atoms with E-state index in [0.29, 0.717) is 27.5 Å². The molecule has 0 amide bonds. The summed E-state index contributed by atoms with van der Waals surface area (Å²) in [5, 5.41) is 4.02. The Labute approximate surface area is 138 Å². The molecule has 0 saturated carbocycles. The van der Waals surface area contributed by atoms with E-state index in [-0.39, 0.29) is 0 Å². The molecule has 120 valence electrons. The first-order valence-electron chi connectivity index (χ1n) is 6.57. The second kappa shape index (κ2) is 5.54. The van der Waals surface area contributed by atoms with E-state index in [9.17, 15) is 9.59 Å². The normalized spacial score (nSPS) is 11.7. The molecular weight excluding hydrogens is 368 g/mol. The Hall–Kier alpha value is -2.62. The lowest BCUT2D eigenvalue weighted by atomic mass is 10.5. The van der Waals surface area contributed by atoms with Crippen LogP contribution in [0.4, 0.5) is 5.95 Å². The molecule has 23 heavy (non-hydrogen) atoms. The molecule has 0 spiro atoms. The Bertz CT molecular complexity index is 1040. The van der Waals surface area contributed by atoms with Gasteiger partial charge in [-0.25, -0.2) is 10.2 Å². The standard InChI is InChI=1S/C13H13BrN6O3/c1-18-9-10(19(2)13(22)20(3)11(9)21)16-12(18)17-15-6-7-4-5-8(14)23-7/h4-6H,1-3H3,(H,16,17)/b15-6+. The van der Waals surface area contributed by atoms with Crippen LogP contribution in [0.25, 0.3) is 11.2 Å². The number of hydrogen-bond donors (Lipinski definition) is 1. The van der Waals surface area contributed by atoms with Crippen molar-refractivity contribution >= 4 is 39.3 Å². The Balaban J connectivity index is 2.03. The van der Waals surface area contributed by atoms with Crippen LogP contribution < -0.4 is 16.7 Å². The van der Waals surface area contributed by atoms with E-state index in [1.54, 1.807) is 30.8 Å². The number of nitrogens with zero attached hydrogens (tertiary/aromatic N) is 5. The summed E-state index contributed by atoms with van der Waals surface area (Å²) in [6.45, 7) is 0. The third-order valence-corrected chi connectivity index (χ3v) is 3.85. The van der Waals surface area contributed by atoms with Gasteiger partial charge in [-0.1, -0.05) is 0 Å². The van der Waals surface area contributed by atoms with Crippen LogP contribution in [-0.2, 0) is 21.1 Å². The lowest BCUT2D eigenvalue weighted by molar-refractivity contribution is 0.534. The SMILES string of the molecule is Cn1c(=O)c2c(nc(N/N=C/c3ccc(Br)o3)n2C)n(C)c1=O. The number of aromatic nitrogens is 4. The summed E-state index contributed by atoms with van der Waals surface area (Å²) >= 11 is 3.20. The van der Waals surface area contributed by atoms with Crippen molar-refractivity contribution in [2.75, 3.05) is 5.43 Å². The Morgan fingerprint density at radius 3 is 2.61 bits per heavy atom. The van der Waals surface area contributed by atoms with Crippen molar-refractivity contribution in [3.05, 3.63) is 43.4 Å². The van der Waals surface area contributed by atoms with Gasteiger partial charge in [0.25, 0.3) is 5.56 Å². The first kappa shape index (κ1) is 15.3. The summed E-state index contributed by atoms with van der Waals surface area (Å²) in [6.07, 6.45) is 1.47. The van der Waals surface area contributed by atoms with Crippen LogP contribution in [0.2, 0.25) is 0 Å². The highest BCUT2D eigenvalue weighted by Crippen LogP contribution is 2.14. The fraction of sp³-hybridized carbons (Fsp3) is 0.231. The number of imidazole rings is 1. The second-order valence-electron chi connectivity index (χ2n) is 4.88. The van der Waals surface area contributed by atoms with Gasteiger partial charge in [-0.2, -0.15) is 10.1 Å². The van der Waals surface area contributed by atoms with Gasteiger partial charge in [0.1, 0.15) is 5.76 Å². The third kappa shape index (κ3) is 2.50. The zero-order chi connectivity index (χ0) is 16.7. The van der Waals surface area contributed by atoms with Crippen molar-refractivity contribution in [3.8, 4) is 0 Å². The topological polar surface area (TPSA) is 99.3 Å². The van der Waals surface area contributed by atoms with Crippen molar-refractivity contribution in [1.82, 2.24) is 18.7 Å². The fourth-order valence-corrected chi connectivity index (χ4v) is 2.49. The number of rotatable bonds is 3. The maximum Gasteiger partial charge on any atom is 0.332 e. The summed E-state index contributed by atoms with van der Waals surface area (Å²) in [7, 11) is 4.66. The van der Waals surface area contributed by atoms with Gasteiger partial charge in [0.15, 0.2) is 15.8 Å². The Morgan fingerprint density at radius 1 is 1.22 bits per heavy atom. The summed E-state index contributed by atoms with van der Waals surface area (Å²) in [5.41, 5.74) is 2.49. The molecule has 0 radical (unpaired) electrons. The van der Waals surface area contributed by atoms with Crippen molar-refractivity contribution in [3.63, 3.8) is 0 Å². The molecule has 0 aliphatic heterocycles. The van der Waals surface area contributed by atoms with E-state index in [4.69, 9.17) is 4.42 Å². The van der Waals surface area contributed by atoms with E-state index in [1.165, 1.54) is 17.8 Å². The molecule has 3 rings (SSSR count). The number of fused-ring (bicyclic) bond motifs is 1. The van der Waals surface area contributed by atoms with Gasteiger partial charge in [-0.05, 0) is 28.1 Å². The summed E-state index contributed by atoms with van der Waals surface area (Å²) in [4.78, 5) is 28.4. The third-order valence-electron chi connectivity index (χ3n) is 3.43. The van der Waals surface area contributed by atoms with Crippen molar-refractivity contribution in [2.24, 2.45) is 26.2 Å². The predicted molar refractivity (Wildman–Crippen MR) is 88.8 cm³/mol. The van der Waals surface area contributed by atoms with E-state index >= 15 is 0 Å². The Kier molecular flexibility index (Phi) is 3.68. The van der Waals surface area contributed by atoms with Crippen LogP contribution in [-0.4, -0.2) is 24.9 Å². The molecule has 9 nitrogen and oxygen atoms in total. The molecule has 3 aromatic rings. The lowest BCUT2D eigenvalue weighted by Crippen LogP contribution is -2.37. The summed E-state index contributed by atoms with van der Waals surface area (Å²) < 4.78 is 9.78. The van der Waals surface area contributed by atoms with Crippen LogP contribution in [0.5, 0.6) is 0 Å². The number of hydrogen-bond acceptors (Lipinski definition) is 6. The molecule has 0 bridgehead atoms. The van der Waals surface area contributed by atoms with Gasteiger partial charge in [-0.15, -0.1) is 0 Å². The van der Waals surface area contributed by atoms with Crippen LogP contribution in [0.3, 0.4) is 0 Å². The molecule has 10 heteroatoms. The van der Waals surface area contributed by atoms with E-state index in [0.717, 1.165) is 4.57 Å². The van der Waals surface area contributed by atoms with Gasteiger partial charge < -0.3 is 8.98 Å². The predicted octanol–water partition coefficient (Wildman–Crippen LogP) is 0.772. The van der Waals surface area contributed by atoms with Crippen LogP contribution in [0.1, 0.15) is 5.76 Å². The number of aryl methyl sites for hydroxylation is 2. The highest BCUT2D eigenvalue weighted by atomic mass is 79.9. The van der Waals surface area contributed by atoms with Gasteiger partial charge >= 0.3 is 5.69 Å². The fourth-order valence-electron chi connectivity index (χ4n) is 2.17. The highest BCUT2D eigenvalue weighted by molar-refractivity contribution is 9.10. The van der Waals surface area contributed by atoms with Crippen LogP contribution in [0.15, 0.2) is 35.9 Å². The van der Waals surface area contributed by atoms with Gasteiger partial charge in [0, 0.05) is 21.1 Å². The smallest absolute Gasteiger partial charge is 0.332 e. The molecule has 3 aromatic heterocycles. The first-order valence-corrected chi connectivity index (χ1v) is 7.36. The zero-order valence-corrected chi connectivity index (χ0v) is 14.2. The zero-order valence-electron chi connectivity index (χ0n) is 12.6. The van der Waals surface area contributed by atoms with Crippen LogP contribution in [0, 0.1) is 0 Å². The number of halogens is 1.